The highest BCUT2D eigenvalue weighted by molar-refractivity contribution is 5.09. The number of rotatable bonds is 4. The molecular formula is C10H14N2O2. The van der Waals surface area contributed by atoms with E-state index < -0.39 is 0 Å². The summed E-state index contributed by atoms with van der Waals surface area (Å²) in [5.41, 5.74) is 0.795. The first kappa shape index (κ1) is 9.40. The predicted octanol–water partition coefficient (Wildman–Crippen LogP) is 0.799. The zero-order valence-electron chi connectivity index (χ0n) is 8.18. The van der Waals surface area contributed by atoms with Gasteiger partial charge in [-0.05, 0) is 18.8 Å². The first-order valence-corrected chi connectivity index (χ1v) is 4.82. The van der Waals surface area contributed by atoms with E-state index in [1.54, 1.807) is 19.5 Å². The van der Waals surface area contributed by atoms with Crippen molar-refractivity contribution in [2.24, 2.45) is 5.92 Å². The Morgan fingerprint density at radius 1 is 1.57 bits per heavy atom. The summed E-state index contributed by atoms with van der Waals surface area (Å²) in [7, 11) is 1.56. The molecule has 2 rings (SSSR count). The van der Waals surface area contributed by atoms with Gasteiger partial charge >= 0.3 is 0 Å². The molecule has 1 N–H and O–H groups in total. The quantitative estimate of drug-likeness (QED) is 0.770. The average molecular weight is 194 g/mol. The van der Waals surface area contributed by atoms with Crippen LogP contribution in [0.25, 0.3) is 0 Å². The first-order valence-electron chi connectivity index (χ1n) is 4.82. The van der Waals surface area contributed by atoms with Gasteiger partial charge in [0.25, 0.3) is 0 Å². The zero-order chi connectivity index (χ0) is 9.97. The minimum atomic E-state index is -0.267. The Morgan fingerprint density at radius 2 is 2.36 bits per heavy atom. The van der Waals surface area contributed by atoms with Crippen LogP contribution in [-0.4, -0.2) is 28.3 Å². The fraction of sp³-hybridized carbons (Fsp3) is 0.600. The number of methoxy groups -OCH3 is 1. The molecule has 4 heteroatoms. The Balaban J connectivity index is 2.00. The van der Waals surface area contributed by atoms with E-state index in [0.29, 0.717) is 18.2 Å². The van der Waals surface area contributed by atoms with Crippen molar-refractivity contribution < 1.29 is 9.84 Å². The predicted molar refractivity (Wildman–Crippen MR) is 51.0 cm³/mol. The van der Waals surface area contributed by atoms with Crippen molar-refractivity contribution in [3.8, 4) is 5.88 Å². The molecule has 1 unspecified atom stereocenters. The highest BCUT2D eigenvalue weighted by atomic mass is 16.5. The molecule has 0 amide bonds. The van der Waals surface area contributed by atoms with Gasteiger partial charge in [-0.15, -0.1) is 0 Å². The molecule has 76 valence electrons. The molecule has 1 fully saturated rings. The molecule has 1 aromatic rings. The smallest absolute Gasteiger partial charge is 0.232 e. The molecule has 1 aliphatic rings. The molecule has 1 heterocycles. The zero-order valence-corrected chi connectivity index (χ0v) is 8.18. The summed E-state index contributed by atoms with van der Waals surface area (Å²) in [6.07, 6.45) is 5.82. The van der Waals surface area contributed by atoms with Crippen molar-refractivity contribution in [1.29, 1.82) is 0 Å². The molecule has 1 saturated carbocycles. The van der Waals surface area contributed by atoms with Gasteiger partial charge in [-0.1, -0.05) is 0 Å². The van der Waals surface area contributed by atoms with Gasteiger partial charge in [0.1, 0.15) is 0 Å². The van der Waals surface area contributed by atoms with Gasteiger partial charge in [0.15, 0.2) is 0 Å². The molecule has 0 aromatic carbocycles. The minimum absolute atomic E-state index is 0.267. The van der Waals surface area contributed by atoms with Crippen LogP contribution in [0.5, 0.6) is 5.88 Å². The van der Waals surface area contributed by atoms with Gasteiger partial charge in [0, 0.05) is 12.6 Å². The lowest BCUT2D eigenvalue weighted by atomic mass is 10.1. The Kier molecular flexibility index (Phi) is 2.63. The van der Waals surface area contributed by atoms with Gasteiger partial charge in [0.05, 0.1) is 25.1 Å². The van der Waals surface area contributed by atoms with Gasteiger partial charge in [-0.2, -0.15) is 0 Å². The second kappa shape index (κ2) is 3.92. The summed E-state index contributed by atoms with van der Waals surface area (Å²) >= 11 is 0. The van der Waals surface area contributed by atoms with Crippen molar-refractivity contribution in [3.63, 3.8) is 0 Å². The van der Waals surface area contributed by atoms with Gasteiger partial charge in [-0.25, -0.2) is 4.98 Å². The molecule has 0 radical (unpaired) electrons. The Labute approximate surface area is 83.0 Å². The van der Waals surface area contributed by atoms with E-state index in [4.69, 9.17) is 4.74 Å². The standard InChI is InChI=1S/C10H14N2O2/c1-14-10-6-11-5-8(12-10)4-9(13)7-2-3-7/h5-7,9,13H,2-4H2,1H3. The Morgan fingerprint density at radius 3 is 3.00 bits per heavy atom. The highest BCUT2D eigenvalue weighted by Crippen LogP contribution is 2.33. The fourth-order valence-electron chi connectivity index (χ4n) is 1.44. The normalized spacial score (nSPS) is 17.9. The summed E-state index contributed by atoms with van der Waals surface area (Å²) in [6, 6.07) is 0. The second-order valence-corrected chi connectivity index (χ2v) is 3.66. The first-order chi connectivity index (χ1) is 6.79. The van der Waals surface area contributed by atoms with Crippen molar-refractivity contribution in [3.05, 3.63) is 18.1 Å². The Bertz CT molecular complexity index is 313. The van der Waals surface area contributed by atoms with E-state index in [1.165, 1.54) is 0 Å². The summed E-state index contributed by atoms with van der Waals surface area (Å²) in [5, 5.41) is 9.70. The molecular weight excluding hydrogens is 180 g/mol. The maximum absolute atomic E-state index is 9.70. The van der Waals surface area contributed by atoms with Crippen molar-refractivity contribution in [1.82, 2.24) is 9.97 Å². The van der Waals surface area contributed by atoms with Crippen LogP contribution < -0.4 is 4.74 Å². The maximum atomic E-state index is 9.70. The lowest BCUT2D eigenvalue weighted by molar-refractivity contribution is 0.150. The van der Waals surface area contributed by atoms with Crippen molar-refractivity contribution in [2.75, 3.05) is 7.11 Å². The van der Waals surface area contributed by atoms with Crippen LogP contribution in [-0.2, 0) is 6.42 Å². The van der Waals surface area contributed by atoms with E-state index in [0.717, 1.165) is 18.5 Å². The van der Waals surface area contributed by atoms with E-state index in [-0.39, 0.29) is 6.10 Å². The molecule has 14 heavy (non-hydrogen) atoms. The van der Waals surface area contributed by atoms with Crippen LogP contribution in [0.3, 0.4) is 0 Å². The molecule has 4 nitrogen and oxygen atoms in total. The summed E-state index contributed by atoms with van der Waals surface area (Å²) in [6.45, 7) is 0. The third-order valence-electron chi connectivity index (χ3n) is 2.46. The molecule has 0 bridgehead atoms. The third kappa shape index (κ3) is 2.20. The van der Waals surface area contributed by atoms with Crippen LogP contribution in [0.1, 0.15) is 18.5 Å². The van der Waals surface area contributed by atoms with E-state index >= 15 is 0 Å². The highest BCUT2D eigenvalue weighted by Gasteiger charge is 2.29. The fourth-order valence-corrected chi connectivity index (χ4v) is 1.44. The van der Waals surface area contributed by atoms with Crippen LogP contribution in [0, 0.1) is 5.92 Å². The molecule has 1 aliphatic carbocycles. The molecule has 0 aliphatic heterocycles. The monoisotopic (exact) mass is 194 g/mol. The van der Waals surface area contributed by atoms with Crippen molar-refractivity contribution >= 4 is 0 Å². The third-order valence-corrected chi connectivity index (χ3v) is 2.46. The molecule has 0 spiro atoms. The topological polar surface area (TPSA) is 55.2 Å². The summed E-state index contributed by atoms with van der Waals surface area (Å²) in [5.74, 6) is 0.980. The largest absolute Gasteiger partial charge is 0.480 e. The van der Waals surface area contributed by atoms with E-state index in [2.05, 4.69) is 9.97 Å². The van der Waals surface area contributed by atoms with Crippen LogP contribution in [0.4, 0.5) is 0 Å². The number of ether oxygens (including phenoxy) is 1. The maximum Gasteiger partial charge on any atom is 0.232 e. The number of aliphatic hydroxyl groups excluding tert-OH is 1. The van der Waals surface area contributed by atoms with Gasteiger partial charge < -0.3 is 9.84 Å². The Hall–Kier alpha value is -1.16. The summed E-state index contributed by atoms with van der Waals surface area (Å²) in [4.78, 5) is 8.19. The number of hydrogen-bond donors (Lipinski definition) is 1. The average Bonchev–Trinajstić information content (AvgIpc) is 3.01. The lowest BCUT2D eigenvalue weighted by Crippen LogP contribution is -2.14. The molecule has 0 saturated heterocycles. The number of aromatic nitrogens is 2. The number of hydrogen-bond acceptors (Lipinski definition) is 4. The number of aliphatic hydroxyl groups is 1. The van der Waals surface area contributed by atoms with Crippen LogP contribution in [0.15, 0.2) is 12.4 Å². The van der Waals surface area contributed by atoms with E-state index in [9.17, 15) is 5.11 Å². The van der Waals surface area contributed by atoms with Crippen LogP contribution >= 0.6 is 0 Å². The second-order valence-electron chi connectivity index (χ2n) is 3.66. The van der Waals surface area contributed by atoms with Crippen molar-refractivity contribution in [2.45, 2.75) is 25.4 Å². The minimum Gasteiger partial charge on any atom is -0.480 e. The SMILES string of the molecule is COc1cncc(CC(O)C2CC2)n1. The van der Waals surface area contributed by atoms with Gasteiger partial charge in [0.2, 0.25) is 5.88 Å². The molecule has 1 atom stereocenters. The van der Waals surface area contributed by atoms with Crippen LogP contribution in [0.2, 0.25) is 0 Å². The lowest BCUT2D eigenvalue weighted by Gasteiger charge is -2.08. The number of nitrogens with zero attached hydrogens (tertiary/aromatic N) is 2. The summed E-state index contributed by atoms with van der Waals surface area (Å²) < 4.78 is 4.96. The van der Waals surface area contributed by atoms with Gasteiger partial charge in [-0.3, -0.25) is 4.98 Å². The van der Waals surface area contributed by atoms with E-state index in [1.807, 2.05) is 0 Å². The molecule has 1 aromatic heterocycles.